The van der Waals surface area contributed by atoms with Crippen molar-refractivity contribution >= 4 is 5.91 Å². The topological polar surface area (TPSA) is 29.5 Å². The number of carbonyl (C=O) groups is 1. The first-order chi connectivity index (χ1) is 11.8. The molecule has 0 saturated carbocycles. The van der Waals surface area contributed by atoms with Crippen molar-refractivity contribution in [3.63, 3.8) is 0 Å². The SMILES string of the molecule is COC1C[C@H]2CC[C@@H](C1)N2C(=O)c1ccc(-c2ccccc2)cc1. The Morgan fingerprint density at radius 3 is 2.08 bits per heavy atom. The maximum Gasteiger partial charge on any atom is 0.254 e. The molecule has 24 heavy (non-hydrogen) atoms. The van der Waals surface area contributed by atoms with Crippen LogP contribution in [-0.4, -0.2) is 36.1 Å². The van der Waals surface area contributed by atoms with Crippen molar-refractivity contribution < 1.29 is 9.53 Å². The molecule has 1 amide bonds. The summed E-state index contributed by atoms with van der Waals surface area (Å²) in [6, 6.07) is 19.0. The van der Waals surface area contributed by atoms with Crippen LogP contribution in [0.25, 0.3) is 11.1 Å². The Labute approximate surface area is 143 Å². The molecule has 3 nitrogen and oxygen atoms in total. The number of rotatable bonds is 3. The number of nitrogens with zero attached hydrogens (tertiary/aromatic N) is 1. The van der Waals surface area contributed by atoms with Gasteiger partial charge in [-0.3, -0.25) is 4.79 Å². The second-order valence-corrected chi connectivity index (χ2v) is 6.87. The summed E-state index contributed by atoms with van der Waals surface area (Å²) in [5, 5.41) is 0. The van der Waals surface area contributed by atoms with Gasteiger partial charge >= 0.3 is 0 Å². The van der Waals surface area contributed by atoms with Crippen LogP contribution in [0.15, 0.2) is 54.6 Å². The summed E-state index contributed by atoms with van der Waals surface area (Å²) >= 11 is 0. The predicted octanol–water partition coefficient (Wildman–Crippen LogP) is 4.14. The first kappa shape index (κ1) is 15.4. The highest BCUT2D eigenvalue weighted by molar-refractivity contribution is 5.95. The highest BCUT2D eigenvalue weighted by Gasteiger charge is 2.43. The van der Waals surface area contributed by atoms with Gasteiger partial charge in [-0.1, -0.05) is 42.5 Å². The van der Waals surface area contributed by atoms with Crippen LogP contribution in [0.2, 0.25) is 0 Å². The minimum atomic E-state index is 0.177. The fourth-order valence-corrected chi connectivity index (χ4v) is 4.24. The number of piperidine rings is 1. The Morgan fingerprint density at radius 2 is 1.50 bits per heavy atom. The van der Waals surface area contributed by atoms with E-state index >= 15 is 0 Å². The minimum Gasteiger partial charge on any atom is -0.381 e. The quantitative estimate of drug-likeness (QED) is 0.850. The fraction of sp³-hybridized carbons (Fsp3) is 0.381. The summed E-state index contributed by atoms with van der Waals surface area (Å²) in [5.41, 5.74) is 3.12. The van der Waals surface area contributed by atoms with E-state index in [0.29, 0.717) is 18.2 Å². The smallest absolute Gasteiger partial charge is 0.254 e. The molecule has 0 N–H and O–H groups in total. The third kappa shape index (κ3) is 2.73. The van der Waals surface area contributed by atoms with Gasteiger partial charge in [-0.15, -0.1) is 0 Å². The number of carbonyl (C=O) groups excluding carboxylic acids is 1. The molecule has 2 saturated heterocycles. The number of hydrogen-bond acceptors (Lipinski definition) is 2. The summed E-state index contributed by atoms with van der Waals surface area (Å²) in [5.74, 6) is 0.177. The Bertz CT molecular complexity index is 696. The molecule has 0 aliphatic carbocycles. The second kappa shape index (κ2) is 6.40. The highest BCUT2D eigenvalue weighted by atomic mass is 16.5. The molecule has 2 heterocycles. The monoisotopic (exact) mass is 321 g/mol. The van der Waals surface area contributed by atoms with E-state index in [2.05, 4.69) is 17.0 Å². The zero-order valence-corrected chi connectivity index (χ0v) is 14.0. The van der Waals surface area contributed by atoms with Crippen LogP contribution in [-0.2, 0) is 4.74 Å². The van der Waals surface area contributed by atoms with Crippen LogP contribution in [0.1, 0.15) is 36.0 Å². The molecule has 3 atom stereocenters. The van der Waals surface area contributed by atoms with Crippen LogP contribution in [0.5, 0.6) is 0 Å². The molecule has 4 rings (SSSR count). The molecular weight excluding hydrogens is 298 g/mol. The molecule has 2 aromatic carbocycles. The van der Waals surface area contributed by atoms with E-state index in [1.807, 2.05) is 42.5 Å². The minimum absolute atomic E-state index is 0.177. The van der Waals surface area contributed by atoms with Crippen LogP contribution in [0, 0.1) is 0 Å². The molecule has 0 aromatic heterocycles. The summed E-state index contributed by atoms with van der Waals surface area (Å²) in [4.78, 5) is 15.1. The summed E-state index contributed by atoms with van der Waals surface area (Å²) in [6.45, 7) is 0. The van der Waals surface area contributed by atoms with E-state index in [-0.39, 0.29) is 5.91 Å². The first-order valence-electron chi connectivity index (χ1n) is 8.77. The molecule has 2 fully saturated rings. The molecule has 2 aliphatic heterocycles. The van der Waals surface area contributed by atoms with E-state index in [1.165, 1.54) is 5.56 Å². The van der Waals surface area contributed by atoms with E-state index in [9.17, 15) is 4.79 Å². The first-order valence-corrected chi connectivity index (χ1v) is 8.77. The predicted molar refractivity (Wildman–Crippen MR) is 94.9 cm³/mol. The summed E-state index contributed by atoms with van der Waals surface area (Å²) in [6.07, 6.45) is 4.48. The van der Waals surface area contributed by atoms with Gasteiger partial charge in [-0.25, -0.2) is 0 Å². The van der Waals surface area contributed by atoms with Gasteiger partial charge in [-0.05, 0) is 48.9 Å². The number of hydrogen-bond donors (Lipinski definition) is 0. The fourth-order valence-electron chi connectivity index (χ4n) is 4.24. The van der Waals surface area contributed by atoms with Crippen molar-refractivity contribution in [3.05, 3.63) is 60.2 Å². The van der Waals surface area contributed by atoms with E-state index < -0.39 is 0 Å². The van der Waals surface area contributed by atoms with E-state index in [0.717, 1.165) is 36.8 Å². The van der Waals surface area contributed by atoms with Crippen molar-refractivity contribution in [2.45, 2.75) is 43.9 Å². The third-order valence-corrected chi connectivity index (χ3v) is 5.50. The van der Waals surface area contributed by atoms with Gasteiger partial charge < -0.3 is 9.64 Å². The molecule has 2 bridgehead atoms. The zero-order chi connectivity index (χ0) is 16.5. The third-order valence-electron chi connectivity index (χ3n) is 5.50. The van der Waals surface area contributed by atoms with E-state index in [1.54, 1.807) is 7.11 Å². The average molecular weight is 321 g/mol. The molecule has 0 radical (unpaired) electrons. The second-order valence-electron chi connectivity index (χ2n) is 6.87. The molecule has 1 unspecified atom stereocenters. The van der Waals surface area contributed by atoms with Gasteiger partial charge in [-0.2, -0.15) is 0 Å². The Kier molecular flexibility index (Phi) is 4.11. The average Bonchev–Trinajstić information content (AvgIpc) is 2.91. The van der Waals surface area contributed by atoms with Crippen LogP contribution in [0.4, 0.5) is 0 Å². The van der Waals surface area contributed by atoms with Crippen LogP contribution >= 0.6 is 0 Å². The summed E-state index contributed by atoms with van der Waals surface area (Å²) < 4.78 is 5.53. The molecule has 2 aromatic rings. The number of ether oxygens (including phenoxy) is 1. The highest BCUT2D eigenvalue weighted by Crippen LogP contribution is 2.37. The molecule has 124 valence electrons. The van der Waals surface area contributed by atoms with Crippen LogP contribution in [0.3, 0.4) is 0 Å². The Hall–Kier alpha value is -2.13. The van der Waals surface area contributed by atoms with Crippen molar-refractivity contribution in [1.29, 1.82) is 0 Å². The maximum absolute atomic E-state index is 13.0. The van der Waals surface area contributed by atoms with Gasteiger partial charge in [0.25, 0.3) is 5.91 Å². The molecule has 2 aliphatic rings. The van der Waals surface area contributed by atoms with Crippen molar-refractivity contribution in [1.82, 2.24) is 4.90 Å². The Morgan fingerprint density at radius 1 is 0.917 bits per heavy atom. The van der Waals surface area contributed by atoms with Gasteiger partial charge in [0.1, 0.15) is 0 Å². The van der Waals surface area contributed by atoms with Gasteiger partial charge in [0.15, 0.2) is 0 Å². The standard InChI is InChI=1S/C21H23NO2/c1-24-20-13-18-11-12-19(14-20)22(18)21(23)17-9-7-16(8-10-17)15-5-3-2-4-6-15/h2-10,18-20H,11-14H2,1H3/t18-,19+,20?. The number of amides is 1. The van der Waals surface area contributed by atoms with Gasteiger partial charge in [0, 0.05) is 24.8 Å². The molecule has 3 heteroatoms. The molecular formula is C21H23NO2. The lowest BCUT2D eigenvalue weighted by molar-refractivity contribution is 0.00822. The summed E-state index contributed by atoms with van der Waals surface area (Å²) in [7, 11) is 1.78. The Balaban J connectivity index is 1.53. The lowest BCUT2D eigenvalue weighted by Crippen LogP contribution is -2.48. The number of methoxy groups -OCH3 is 1. The molecule has 0 spiro atoms. The van der Waals surface area contributed by atoms with Crippen molar-refractivity contribution in [3.8, 4) is 11.1 Å². The normalized spacial score (nSPS) is 25.7. The maximum atomic E-state index is 13.0. The van der Waals surface area contributed by atoms with Gasteiger partial charge in [0.05, 0.1) is 6.10 Å². The number of benzene rings is 2. The zero-order valence-electron chi connectivity index (χ0n) is 14.0. The number of fused-ring (bicyclic) bond motifs is 2. The largest absolute Gasteiger partial charge is 0.381 e. The lowest BCUT2D eigenvalue weighted by atomic mass is 9.98. The van der Waals surface area contributed by atoms with Crippen LogP contribution < -0.4 is 0 Å². The van der Waals surface area contributed by atoms with Gasteiger partial charge in [0.2, 0.25) is 0 Å². The van der Waals surface area contributed by atoms with Crippen molar-refractivity contribution in [2.24, 2.45) is 0 Å². The van der Waals surface area contributed by atoms with E-state index in [4.69, 9.17) is 4.74 Å². The lowest BCUT2D eigenvalue weighted by Gasteiger charge is -2.38. The van der Waals surface area contributed by atoms with Crippen molar-refractivity contribution in [2.75, 3.05) is 7.11 Å².